The Morgan fingerprint density at radius 1 is 1.38 bits per heavy atom. The van der Waals surface area contributed by atoms with Crippen LogP contribution in [-0.2, 0) is 0 Å². The molecule has 0 spiro atoms. The van der Waals surface area contributed by atoms with E-state index in [2.05, 4.69) is 10.6 Å². The molecule has 1 aromatic rings. The van der Waals surface area contributed by atoms with Crippen LogP contribution in [-0.4, -0.2) is 36.7 Å². The zero-order valence-electron chi connectivity index (χ0n) is 14.2. The number of nitrogens with zero attached hydrogens (tertiary/aromatic N) is 1. The highest BCUT2D eigenvalue weighted by molar-refractivity contribution is 7.80. The maximum Gasteiger partial charge on any atom is 0.166 e. The van der Waals surface area contributed by atoms with E-state index in [0.29, 0.717) is 28.3 Å². The van der Waals surface area contributed by atoms with Gasteiger partial charge < -0.3 is 15.5 Å². The number of fused-ring (bicyclic) bond motifs is 2. The largest absolute Gasteiger partial charge is 0.361 e. The van der Waals surface area contributed by atoms with Crippen molar-refractivity contribution in [3.05, 3.63) is 34.6 Å². The summed E-state index contributed by atoms with van der Waals surface area (Å²) in [5, 5.41) is 7.82. The van der Waals surface area contributed by atoms with Crippen LogP contribution in [0.2, 0.25) is 5.02 Å². The second kappa shape index (κ2) is 7.54. The molecule has 24 heavy (non-hydrogen) atoms. The van der Waals surface area contributed by atoms with Gasteiger partial charge in [0.15, 0.2) is 5.11 Å². The molecule has 0 heterocycles. The molecule has 2 fully saturated rings. The molecule has 0 aliphatic heterocycles. The lowest BCUT2D eigenvalue weighted by molar-refractivity contribution is 0.290. The molecule has 6 heteroatoms. The van der Waals surface area contributed by atoms with E-state index in [4.69, 9.17) is 23.8 Å². The van der Waals surface area contributed by atoms with Crippen LogP contribution in [0.3, 0.4) is 0 Å². The highest BCUT2D eigenvalue weighted by Crippen LogP contribution is 2.44. The van der Waals surface area contributed by atoms with E-state index < -0.39 is 0 Å². The summed E-state index contributed by atoms with van der Waals surface area (Å²) in [6, 6.07) is 5.12. The molecule has 0 radical (unpaired) electrons. The molecule has 2 bridgehead atoms. The Kier molecular flexibility index (Phi) is 5.63. The Balaban J connectivity index is 1.59. The van der Waals surface area contributed by atoms with Crippen LogP contribution in [0.5, 0.6) is 0 Å². The highest BCUT2D eigenvalue weighted by Gasteiger charge is 2.39. The van der Waals surface area contributed by atoms with Crippen LogP contribution in [0.15, 0.2) is 18.2 Å². The first-order valence-corrected chi connectivity index (χ1v) is 9.39. The quantitative estimate of drug-likeness (QED) is 0.773. The molecule has 132 valence electrons. The number of halogens is 2. The third-order valence-electron chi connectivity index (χ3n) is 5.47. The van der Waals surface area contributed by atoms with Crippen LogP contribution in [0.4, 0.5) is 4.39 Å². The summed E-state index contributed by atoms with van der Waals surface area (Å²) in [5.41, 5.74) is 0.513. The Morgan fingerprint density at radius 2 is 2.17 bits per heavy atom. The molecule has 0 amide bonds. The summed E-state index contributed by atoms with van der Waals surface area (Å²) in [5.74, 6) is 1.36. The normalized spacial score (nSPS) is 26.6. The number of benzene rings is 1. The Hall–Kier alpha value is -0.910. The monoisotopic (exact) mass is 369 g/mol. The SMILES string of the molecule is CN(C)[C@H](CNC(=S)N[C@@H]1C[C@H]2CC[C@H]1C2)c1c(F)cccc1Cl. The van der Waals surface area contributed by atoms with Crippen LogP contribution < -0.4 is 10.6 Å². The van der Waals surface area contributed by atoms with E-state index in [1.54, 1.807) is 12.1 Å². The summed E-state index contributed by atoms with van der Waals surface area (Å²) >= 11 is 11.7. The molecule has 0 saturated heterocycles. The first-order valence-electron chi connectivity index (χ1n) is 8.60. The predicted molar refractivity (Wildman–Crippen MR) is 101 cm³/mol. The Bertz CT molecular complexity index is 590. The van der Waals surface area contributed by atoms with Crippen molar-refractivity contribution in [1.29, 1.82) is 0 Å². The number of likely N-dealkylation sites (N-methyl/N-ethyl adjacent to an activating group) is 1. The number of hydrogen-bond acceptors (Lipinski definition) is 2. The van der Waals surface area contributed by atoms with Crippen molar-refractivity contribution in [2.45, 2.75) is 37.8 Å². The van der Waals surface area contributed by atoms with Gasteiger partial charge in [-0.05, 0) is 69.5 Å². The van der Waals surface area contributed by atoms with Gasteiger partial charge in [-0.1, -0.05) is 24.1 Å². The zero-order chi connectivity index (χ0) is 17.3. The van der Waals surface area contributed by atoms with Gasteiger partial charge in [-0.25, -0.2) is 4.39 Å². The van der Waals surface area contributed by atoms with E-state index in [1.807, 2.05) is 19.0 Å². The van der Waals surface area contributed by atoms with E-state index in [9.17, 15) is 4.39 Å². The molecule has 3 nitrogen and oxygen atoms in total. The van der Waals surface area contributed by atoms with Gasteiger partial charge in [0.1, 0.15) is 5.82 Å². The van der Waals surface area contributed by atoms with E-state index in [-0.39, 0.29) is 11.9 Å². The summed E-state index contributed by atoms with van der Waals surface area (Å²) in [6.07, 6.45) is 5.25. The summed E-state index contributed by atoms with van der Waals surface area (Å²) in [6.45, 7) is 0.514. The zero-order valence-corrected chi connectivity index (χ0v) is 15.8. The van der Waals surface area contributed by atoms with Crippen molar-refractivity contribution in [2.24, 2.45) is 11.8 Å². The fourth-order valence-corrected chi connectivity index (χ4v) is 4.73. The maximum atomic E-state index is 14.2. The van der Waals surface area contributed by atoms with Gasteiger partial charge in [0.2, 0.25) is 0 Å². The average Bonchev–Trinajstić information content (AvgIpc) is 3.12. The smallest absolute Gasteiger partial charge is 0.166 e. The van der Waals surface area contributed by atoms with Gasteiger partial charge in [0.05, 0.1) is 6.04 Å². The molecule has 2 aliphatic carbocycles. The molecule has 0 unspecified atom stereocenters. The topological polar surface area (TPSA) is 27.3 Å². The molecule has 1 aromatic carbocycles. The molecule has 4 atom stereocenters. The van der Waals surface area contributed by atoms with E-state index in [0.717, 1.165) is 11.8 Å². The van der Waals surface area contributed by atoms with Gasteiger partial charge >= 0.3 is 0 Å². The minimum Gasteiger partial charge on any atom is -0.361 e. The molecule has 2 N–H and O–H groups in total. The third kappa shape index (κ3) is 3.84. The van der Waals surface area contributed by atoms with Crippen molar-refractivity contribution >= 4 is 28.9 Å². The van der Waals surface area contributed by atoms with Gasteiger partial charge in [-0.3, -0.25) is 0 Å². The number of nitrogens with one attached hydrogen (secondary N) is 2. The van der Waals surface area contributed by atoms with E-state index >= 15 is 0 Å². The molecule has 3 rings (SSSR count). The van der Waals surface area contributed by atoms with Gasteiger partial charge in [0.25, 0.3) is 0 Å². The van der Waals surface area contributed by atoms with Crippen molar-refractivity contribution in [1.82, 2.24) is 15.5 Å². The first-order chi connectivity index (χ1) is 11.5. The van der Waals surface area contributed by atoms with Crippen molar-refractivity contribution in [2.75, 3.05) is 20.6 Å². The highest BCUT2D eigenvalue weighted by atomic mass is 35.5. The van der Waals surface area contributed by atoms with Crippen LogP contribution in [0.25, 0.3) is 0 Å². The Labute approximate surface area is 153 Å². The van der Waals surface area contributed by atoms with Crippen LogP contribution in [0, 0.1) is 17.7 Å². The number of hydrogen-bond donors (Lipinski definition) is 2. The van der Waals surface area contributed by atoms with Crippen molar-refractivity contribution < 1.29 is 4.39 Å². The first kappa shape index (κ1) is 17.9. The third-order valence-corrected chi connectivity index (χ3v) is 6.06. The molecule has 0 aromatic heterocycles. The summed E-state index contributed by atoms with van der Waals surface area (Å²) < 4.78 is 14.2. The van der Waals surface area contributed by atoms with Gasteiger partial charge in [-0.2, -0.15) is 0 Å². The minimum atomic E-state index is -0.282. The second-order valence-electron chi connectivity index (χ2n) is 7.25. The Morgan fingerprint density at radius 3 is 2.75 bits per heavy atom. The molecule has 2 saturated carbocycles. The lowest BCUT2D eigenvalue weighted by Gasteiger charge is -2.29. The maximum absolute atomic E-state index is 14.2. The van der Waals surface area contributed by atoms with Gasteiger partial charge in [0, 0.05) is 23.2 Å². The molecule has 2 aliphatic rings. The minimum absolute atomic E-state index is 0.182. The fourth-order valence-electron chi connectivity index (χ4n) is 4.20. The predicted octanol–water partition coefficient (Wildman–Crippen LogP) is 3.73. The molecular weight excluding hydrogens is 345 g/mol. The van der Waals surface area contributed by atoms with Crippen molar-refractivity contribution in [3.63, 3.8) is 0 Å². The lowest BCUT2D eigenvalue weighted by Crippen LogP contribution is -2.46. The summed E-state index contributed by atoms with van der Waals surface area (Å²) in [4.78, 5) is 1.96. The van der Waals surface area contributed by atoms with E-state index in [1.165, 1.54) is 31.7 Å². The van der Waals surface area contributed by atoms with Crippen molar-refractivity contribution in [3.8, 4) is 0 Å². The van der Waals surface area contributed by atoms with Crippen LogP contribution in [0.1, 0.15) is 37.3 Å². The fraction of sp³-hybridized carbons (Fsp3) is 0.611. The van der Waals surface area contributed by atoms with Gasteiger partial charge in [-0.15, -0.1) is 0 Å². The van der Waals surface area contributed by atoms with Crippen LogP contribution >= 0.6 is 23.8 Å². The number of rotatable bonds is 5. The summed E-state index contributed by atoms with van der Waals surface area (Å²) in [7, 11) is 3.84. The molecular formula is C18H25ClFN3S. The number of thiocarbonyl (C=S) groups is 1. The standard InChI is InChI=1S/C18H25ClFN3S/c1-23(2)16(17-13(19)4-3-5-14(17)20)10-21-18(24)22-15-9-11-6-7-12(15)8-11/h3-5,11-12,15-16H,6-10H2,1-2H3,(H2,21,22,24)/t11-,12-,15+,16+/m0/s1. The second-order valence-corrected chi connectivity index (χ2v) is 8.07. The average molecular weight is 370 g/mol. The lowest BCUT2D eigenvalue weighted by atomic mass is 9.95.